The van der Waals surface area contributed by atoms with E-state index in [0.29, 0.717) is 0 Å². The second-order valence-corrected chi connectivity index (χ2v) is 9.12. The van der Waals surface area contributed by atoms with Gasteiger partial charge < -0.3 is 20.0 Å². The summed E-state index contributed by atoms with van der Waals surface area (Å²) < 4.78 is 0. The van der Waals surface area contributed by atoms with Gasteiger partial charge in [-0.1, -0.05) is 40.2 Å². The monoisotopic (exact) mass is 431 g/mol. The molecular formula is C26H49N5. The van der Waals surface area contributed by atoms with E-state index in [-0.39, 0.29) is 0 Å². The minimum absolute atomic E-state index is 0.867. The van der Waals surface area contributed by atoms with E-state index < -0.39 is 0 Å². The van der Waals surface area contributed by atoms with Crippen LogP contribution in [-0.2, 0) is 0 Å². The largest absolute Gasteiger partial charge is 0.357 e. The second-order valence-electron chi connectivity index (χ2n) is 9.12. The first-order valence-electron chi connectivity index (χ1n) is 13.1. The SMILES string of the molecule is CC.CCC.c1ccc(N2CCC(CN3CCN(CC4CCNCC4)CC3)CC2)nc1. The third-order valence-corrected chi connectivity index (χ3v) is 6.54. The van der Waals surface area contributed by atoms with Gasteiger partial charge in [0.2, 0.25) is 0 Å². The van der Waals surface area contributed by atoms with Gasteiger partial charge in [-0.2, -0.15) is 0 Å². The molecule has 0 aromatic carbocycles. The molecule has 0 aliphatic carbocycles. The molecule has 4 rings (SSSR count). The average Bonchev–Trinajstić information content (AvgIpc) is 2.84. The molecule has 1 aromatic heterocycles. The zero-order valence-corrected chi connectivity index (χ0v) is 20.9. The first-order valence-corrected chi connectivity index (χ1v) is 13.1. The van der Waals surface area contributed by atoms with E-state index >= 15 is 0 Å². The number of nitrogens with zero attached hydrogens (tertiary/aromatic N) is 4. The van der Waals surface area contributed by atoms with Gasteiger partial charge in [0, 0.05) is 58.6 Å². The summed E-state index contributed by atoms with van der Waals surface area (Å²) in [6.45, 7) is 20.7. The number of piperidine rings is 2. The van der Waals surface area contributed by atoms with Crippen molar-refractivity contribution in [2.75, 3.05) is 70.3 Å². The van der Waals surface area contributed by atoms with Crippen LogP contribution in [0.1, 0.15) is 59.8 Å². The van der Waals surface area contributed by atoms with E-state index in [4.69, 9.17) is 0 Å². The summed E-state index contributed by atoms with van der Waals surface area (Å²) in [5, 5.41) is 3.48. The number of nitrogens with one attached hydrogen (secondary N) is 1. The van der Waals surface area contributed by atoms with Crippen LogP contribution in [0.15, 0.2) is 24.4 Å². The summed E-state index contributed by atoms with van der Waals surface area (Å²) >= 11 is 0. The van der Waals surface area contributed by atoms with Gasteiger partial charge in [-0.15, -0.1) is 0 Å². The van der Waals surface area contributed by atoms with E-state index in [1.54, 1.807) is 0 Å². The molecule has 3 fully saturated rings. The summed E-state index contributed by atoms with van der Waals surface area (Å²) in [7, 11) is 0. The Balaban J connectivity index is 0.000000630. The van der Waals surface area contributed by atoms with E-state index in [1.165, 1.54) is 84.5 Å². The molecule has 0 radical (unpaired) electrons. The molecule has 0 saturated carbocycles. The molecule has 1 aromatic rings. The molecule has 0 amide bonds. The van der Waals surface area contributed by atoms with Crippen LogP contribution in [0.4, 0.5) is 5.82 Å². The molecule has 3 aliphatic rings. The fraction of sp³-hybridized carbons (Fsp3) is 0.808. The summed E-state index contributed by atoms with van der Waals surface area (Å²) in [5.74, 6) is 2.95. The van der Waals surface area contributed by atoms with Crippen molar-refractivity contribution in [3.05, 3.63) is 24.4 Å². The lowest BCUT2D eigenvalue weighted by atomic mass is 9.95. The number of anilines is 1. The quantitative estimate of drug-likeness (QED) is 0.749. The molecule has 31 heavy (non-hydrogen) atoms. The summed E-state index contributed by atoms with van der Waals surface area (Å²) in [6, 6.07) is 6.24. The maximum atomic E-state index is 4.51. The van der Waals surface area contributed by atoms with Gasteiger partial charge in [0.05, 0.1) is 0 Å². The molecule has 5 heteroatoms. The Hall–Kier alpha value is -1.17. The van der Waals surface area contributed by atoms with Crippen molar-refractivity contribution in [1.82, 2.24) is 20.1 Å². The van der Waals surface area contributed by atoms with Gasteiger partial charge in [0.15, 0.2) is 0 Å². The van der Waals surface area contributed by atoms with Crippen LogP contribution >= 0.6 is 0 Å². The van der Waals surface area contributed by atoms with Crippen LogP contribution in [0.2, 0.25) is 0 Å². The van der Waals surface area contributed by atoms with Crippen molar-refractivity contribution >= 4 is 5.82 Å². The van der Waals surface area contributed by atoms with Crippen molar-refractivity contribution in [2.24, 2.45) is 11.8 Å². The average molecular weight is 432 g/mol. The fourth-order valence-corrected chi connectivity index (χ4v) is 4.83. The molecule has 3 aliphatic heterocycles. The molecule has 3 saturated heterocycles. The first kappa shape index (κ1) is 26.1. The Morgan fingerprint density at radius 3 is 1.81 bits per heavy atom. The fourth-order valence-electron chi connectivity index (χ4n) is 4.83. The van der Waals surface area contributed by atoms with Gasteiger partial charge in [0.1, 0.15) is 5.82 Å². The van der Waals surface area contributed by atoms with E-state index in [2.05, 4.69) is 51.0 Å². The third-order valence-electron chi connectivity index (χ3n) is 6.54. The van der Waals surface area contributed by atoms with Gasteiger partial charge in [0.25, 0.3) is 0 Å². The molecular weight excluding hydrogens is 382 g/mol. The predicted molar refractivity (Wildman–Crippen MR) is 135 cm³/mol. The molecule has 0 unspecified atom stereocenters. The Labute approximate surface area is 192 Å². The van der Waals surface area contributed by atoms with Gasteiger partial charge >= 0.3 is 0 Å². The van der Waals surface area contributed by atoms with E-state index in [0.717, 1.165) is 30.7 Å². The van der Waals surface area contributed by atoms with Crippen LogP contribution in [0, 0.1) is 11.8 Å². The summed E-state index contributed by atoms with van der Waals surface area (Å²) in [5.41, 5.74) is 0. The van der Waals surface area contributed by atoms with Crippen LogP contribution < -0.4 is 10.2 Å². The number of hydrogen-bond donors (Lipinski definition) is 1. The highest BCUT2D eigenvalue weighted by Gasteiger charge is 2.25. The second kappa shape index (κ2) is 15.6. The maximum Gasteiger partial charge on any atom is 0.128 e. The number of rotatable bonds is 5. The topological polar surface area (TPSA) is 34.6 Å². The van der Waals surface area contributed by atoms with Gasteiger partial charge in [-0.05, 0) is 62.7 Å². The Morgan fingerprint density at radius 1 is 0.806 bits per heavy atom. The van der Waals surface area contributed by atoms with Crippen LogP contribution in [0.25, 0.3) is 0 Å². The highest BCUT2D eigenvalue weighted by atomic mass is 15.3. The molecule has 0 atom stereocenters. The van der Waals surface area contributed by atoms with Crippen LogP contribution in [0.5, 0.6) is 0 Å². The molecule has 5 nitrogen and oxygen atoms in total. The lowest BCUT2D eigenvalue weighted by molar-refractivity contribution is 0.0961. The number of aromatic nitrogens is 1. The van der Waals surface area contributed by atoms with Crippen molar-refractivity contribution in [3.8, 4) is 0 Å². The van der Waals surface area contributed by atoms with Crippen LogP contribution in [0.3, 0.4) is 0 Å². The smallest absolute Gasteiger partial charge is 0.128 e. The molecule has 4 heterocycles. The summed E-state index contributed by atoms with van der Waals surface area (Å²) in [4.78, 5) is 12.4. The Morgan fingerprint density at radius 2 is 1.32 bits per heavy atom. The minimum Gasteiger partial charge on any atom is -0.357 e. The molecule has 0 bridgehead atoms. The van der Waals surface area contributed by atoms with Gasteiger partial charge in [-0.25, -0.2) is 4.98 Å². The van der Waals surface area contributed by atoms with Crippen molar-refractivity contribution in [1.29, 1.82) is 0 Å². The predicted octanol–water partition coefficient (Wildman–Crippen LogP) is 4.36. The molecule has 0 spiro atoms. The standard InChI is InChI=1S/C21H35N5.C3H8.C2H6/c1-2-8-23-21(3-1)26-11-6-20(7-12-26)18-25-15-13-24(14-16-25)17-19-4-9-22-10-5-19;1-3-2;1-2/h1-3,8,19-20,22H,4-7,9-18H2;3H2,1-2H3;1-2H3. The zero-order valence-electron chi connectivity index (χ0n) is 20.9. The third kappa shape index (κ3) is 9.46. The van der Waals surface area contributed by atoms with E-state index in [9.17, 15) is 0 Å². The first-order chi connectivity index (χ1) is 15.3. The van der Waals surface area contributed by atoms with Crippen molar-refractivity contribution < 1.29 is 0 Å². The van der Waals surface area contributed by atoms with Gasteiger partial charge in [-0.3, -0.25) is 0 Å². The van der Waals surface area contributed by atoms with E-state index in [1.807, 2.05) is 26.1 Å². The van der Waals surface area contributed by atoms with Crippen molar-refractivity contribution in [2.45, 2.75) is 59.8 Å². The Bertz CT molecular complexity index is 530. The lowest BCUT2D eigenvalue weighted by Crippen LogP contribution is -2.50. The highest BCUT2D eigenvalue weighted by molar-refractivity contribution is 5.37. The zero-order chi connectivity index (χ0) is 22.3. The minimum atomic E-state index is 0.867. The molecule has 1 N–H and O–H groups in total. The highest BCUT2D eigenvalue weighted by Crippen LogP contribution is 2.23. The maximum absolute atomic E-state index is 4.51. The Kier molecular flexibility index (Phi) is 13.1. The lowest BCUT2D eigenvalue weighted by Gasteiger charge is -2.40. The normalized spacial score (nSPS) is 21.6. The number of piperazine rings is 1. The van der Waals surface area contributed by atoms with Crippen molar-refractivity contribution in [3.63, 3.8) is 0 Å². The van der Waals surface area contributed by atoms with Crippen LogP contribution in [-0.4, -0.2) is 80.2 Å². The summed E-state index contributed by atoms with van der Waals surface area (Å²) in [6.07, 6.45) is 8.52. The number of hydrogen-bond acceptors (Lipinski definition) is 5. The molecule has 178 valence electrons. The number of pyridine rings is 1.